The molecule has 0 bridgehead atoms. The topological polar surface area (TPSA) is 26.3 Å². The summed E-state index contributed by atoms with van der Waals surface area (Å²) in [6, 6.07) is 0. The minimum atomic E-state index is -1.54. The molecule has 0 atom stereocenters. The van der Waals surface area contributed by atoms with Gasteiger partial charge in [0.25, 0.3) is 0 Å². The first kappa shape index (κ1) is 12.1. The lowest BCUT2D eigenvalue weighted by Gasteiger charge is -2.09. The van der Waals surface area contributed by atoms with Crippen molar-refractivity contribution in [3.05, 3.63) is 11.6 Å². The van der Waals surface area contributed by atoms with Crippen molar-refractivity contribution in [3.8, 4) is 0 Å². The third-order valence-corrected chi connectivity index (χ3v) is 1.11. The Morgan fingerprint density at radius 2 is 1.92 bits per heavy atom. The minimum absolute atomic E-state index is 0.236. The Bertz CT molecular complexity index is 189. The van der Waals surface area contributed by atoms with Gasteiger partial charge in [0.15, 0.2) is 0 Å². The average Bonchev–Trinajstić information content (AvgIpc) is 1.80. The Balaban J connectivity index is 3.81. The van der Waals surface area contributed by atoms with Gasteiger partial charge < -0.3 is 4.74 Å². The van der Waals surface area contributed by atoms with E-state index in [2.05, 4.69) is 4.74 Å². The number of alkyl halides is 3. The second-order valence-corrected chi connectivity index (χ2v) is 4.96. The van der Waals surface area contributed by atoms with Gasteiger partial charge in [-0.1, -0.05) is 40.4 Å². The van der Waals surface area contributed by atoms with E-state index in [0.717, 1.165) is 5.57 Å². The first-order chi connectivity index (χ1) is 5.31. The van der Waals surface area contributed by atoms with E-state index in [1.807, 2.05) is 0 Å². The molecule has 0 spiro atoms. The molecular formula is C7H9Cl3O2. The predicted molar refractivity (Wildman–Crippen MR) is 50.7 cm³/mol. The summed E-state index contributed by atoms with van der Waals surface area (Å²) in [7, 11) is 0. The summed E-state index contributed by atoms with van der Waals surface area (Å²) in [5.74, 6) is -0.499. The summed E-state index contributed by atoms with van der Waals surface area (Å²) in [6.45, 7) is 3.31. The average molecular weight is 232 g/mol. The Morgan fingerprint density at radius 1 is 1.42 bits per heavy atom. The monoisotopic (exact) mass is 230 g/mol. The molecule has 0 aliphatic carbocycles. The van der Waals surface area contributed by atoms with Gasteiger partial charge in [-0.25, -0.2) is 4.79 Å². The molecule has 0 aliphatic heterocycles. The van der Waals surface area contributed by atoms with Gasteiger partial charge in [0.1, 0.15) is 6.61 Å². The Morgan fingerprint density at radius 3 is 2.25 bits per heavy atom. The molecule has 0 saturated carbocycles. The lowest BCUT2D eigenvalue weighted by atomic mass is 10.3. The van der Waals surface area contributed by atoms with Crippen molar-refractivity contribution in [2.45, 2.75) is 17.6 Å². The van der Waals surface area contributed by atoms with Crippen molar-refractivity contribution >= 4 is 40.8 Å². The molecule has 0 fully saturated rings. The van der Waals surface area contributed by atoms with Crippen LogP contribution < -0.4 is 0 Å². The Kier molecular flexibility index (Phi) is 4.98. The van der Waals surface area contributed by atoms with E-state index in [-0.39, 0.29) is 6.61 Å². The van der Waals surface area contributed by atoms with E-state index >= 15 is 0 Å². The van der Waals surface area contributed by atoms with Crippen LogP contribution in [0.2, 0.25) is 0 Å². The molecule has 0 aromatic rings. The van der Waals surface area contributed by atoms with Gasteiger partial charge in [-0.05, 0) is 13.8 Å². The zero-order chi connectivity index (χ0) is 9.78. The number of allylic oxidation sites excluding steroid dienone is 1. The van der Waals surface area contributed by atoms with Gasteiger partial charge in [-0.3, -0.25) is 0 Å². The van der Waals surface area contributed by atoms with Crippen molar-refractivity contribution < 1.29 is 9.53 Å². The number of rotatable bonds is 2. The standard InChI is InChI=1S/C7H9Cl3O2/c1-5(2)3-6(11)12-4-7(8,9)10/h3H,4H2,1-2H3. The highest BCUT2D eigenvalue weighted by molar-refractivity contribution is 6.67. The Labute approximate surface area is 86.4 Å². The molecule has 0 amide bonds. The van der Waals surface area contributed by atoms with E-state index in [0.29, 0.717) is 0 Å². The first-order valence-electron chi connectivity index (χ1n) is 3.19. The molecular weight excluding hydrogens is 222 g/mol. The van der Waals surface area contributed by atoms with E-state index in [1.165, 1.54) is 6.08 Å². The number of halogens is 3. The van der Waals surface area contributed by atoms with E-state index in [9.17, 15) is 4.79 Å². The number of hydrogen-bond acceptors (Lipinski definition) is 2. The molecule has 0 N–H and O–H groups in total. The van der Waals surface area contributed by atoms with Gasteiger partial charge in [-0.15, -0.1) is 0 Å². The largest absolute Gasteiger partial charge is 0.458 e. The number of carbonyl (C=O) groups excluding carboxylic acids is 1. The van der Waals surface area contributed by atoms with Crippen LogP contribution in [0.3, 0.4) is 0 Å². The normalized spacial score (nSPS) is 10.8. The maximum Gasteiger partial charge on any atom is 0.330 e. The van der Waals surface area contributed by atoms with Crippen LogP contribution in [0.5, 0.6) is 0 Å². The summed E-state index contributed by atoms with van der Waals surface area (Å²) in [5, 5.41) is 0. The highest BCUT2D eigenvalue weighted by Gasteiger charge is 2.21. The molecule has 12 heavy (non-hydrogen) atoms. The fourth-order valence-corrected chi connectivity index (χ4v) is 0.594. The van der Waals surface area contributed by atoms with Crippen molar-refractivity contribution in [2.75, 3.05) is 6.61 Å². The molecule has 0 radical (unpaired) electrons. The summed E-state index contributed by atoms with van der Waals surface area (Å²) < 4.78 is 3.07. The summed E-state index contributed by atoms with van der Waals surface area (Å²) in [5.41, 5.74) is 0.837. The number of ether oxygens (including phenoxy) is 1. The van der Waals surface area contributed by atoms with Crippen molar-refractivity contribution in [1.29, 1.82) is 0 Å². The van der Waals surface area contributed by atoms with Crippen LogP contribution in [0.25, 0.3) is 0 Å². The van der Waals surface area contributed by atoms with Gasteiger partial charge in [0.05, 0.1) is 0 Å². The third-order valence-electron chi connectivity index (χ3n) is 0.785. The first-order valence-corrected chi connectivity index (χ1v) is 4.33. The maximum absolute atomic E-state index is 10.8. The van der Waals surface area contributed by atoms with Gasteiger partial charge in [0, 0.05) is 6.08 Å². The van der Waals surface area contributed by atoms with Crippen molar-refractivity contribution in [1.82, 2.24) is 0 Å². The summed E-state index contributed by atoms with van der Waals surface area (Å²) in [4.78, 5) is 10.8. The Hall–Kier alpha value is 0.0800. The van der Waals surface area contributed by atoms with Crippen LogP contribution >= 0.6 is 34.8 Å². The predicted octanol–water partition coefficient (Wildman–Crippen LogP) is 2.87. The third kappa shape index (κ3) is 8.18. The van der Waals surface area contributed by atoms with Crippen LogP contribution in [-0.2, 0) is 9.53 Å². The molecule has 0 unspecified atom stereocenters. The van der Waals surface area contributed by atoms with Crippen molar-refractivity contribution in [3.63, 3.8) is 0 Å². The zero-order valence-electron chi connectivity index (χ0n) is 6.73. The summed E-state index contributed by atoms with van der Waals surface area (Å²) >= 11 is 16.0. The van der Waals surface area contributed by atoms with Crippen LogP contribution in [0.15, 0.2) is 11.6 Å². The molecule has 0 aromatic carbocycles. The second-order valence-electron chi connectivity index (χ2n) is 2.44. The van der Waals surface area contributed by atoms with Crippen molar-refractivity contribution in [2.24, 2.45) is 0 Å². The molecule has 0 aromatic heterocycles. The smallest absolute Gasteiger partial charge is 0.330 e. The highest BCUT2D eigenvalue weighted by Crippen LogP contribution is 2.25. The molecule has 0 aliphatic rings. The highest BCUT2D eigenvalue weighted by atomic mass is 35.6. The fraction of sp³-hybridized carbons (Fsp3) is 0.571. The second kappa shape index (κ2) is 4.95. The van der Waals surface area contributed by atoms with Gasteiger partial charge in [0.2, 0.25) is 3.79 Å². The van der Waals surface area contributed by atoms with E-state index in [4.69, 9.17) is 34.8 Å². The quantitative estimate of drug-likeness (QED) is 0.415. The number of hydrogen-bond donors (Lipinski definition) is 0. The van der Waals surface area contributed by atoms with Crippen LogP contribution in [0, 0.1) is 0 Å². The number of carbonyl (C=O) groups is 1. The molecule has 0 heterocycles. The minimum Gasteiger partial charge on any atom is -0.458 e. The van der Waals surface area contributed by atoms with Gasteiger partial charge in [-0.2, -0.15) is 0 Å². The van der Waals surface area contributed by atoms with Crippen LogP contribution in [0.4, 0.5) is 0 Å². The summed E-state index contributed by atoms with van der Waals surface area (Å²) in [6.07, 6.45) is 1.33. The van der Waals surface area contributed by atoms with E-state index < -0.39 is 9.76 Å². The molecule has 70 valence electrons. The zero-order valence-corrected chi connectivity index (χ0v) is 9.00. The molecule has 0 rings (SSSR count). The lowest BCUT2D eigenvalue weighted by molar-refractivity contribution is -0.137. The fourth-order valence-electron chi connectivity index (χ4n) is 0.430. The molecule has 0 saturated heterocycles. The van der Waals surface area contributed by atoms with Crippen LogP contribution in [0.1, 0.15) is 13.8 Å². The number of esters is 1. The maximum atomic E-state index is 10.8. The molecule has 2 nitrogen and oxygen atoms in total. The lowest BCUT2D eigenvalue weighted by Crippen LogP contribution is -2.15. The van der Waals surface area contributed by atoms with E-state index in [1.54, 1.807) is 13.8 Å². The van der Waals surface area contributed by atoms with Gasteiger partial charge >= 0.3 is 5.97 Å². The van der Waals surface area contributed by atoms with Crippen LogP contribution in [-0.4, -0.2) is 16.4 Å². The SMILES string of the molecule is CC(C)=CC(=O)OCC(Cl)(Cl)Cl. The molecule has 5 heteroatoms.